The molecule has 0 aliphatic carbocycles. The Labute approximate surface area is 224 Å². The summed E-state index contributed by atoms with van der Waals surface area (Å²) in [6.07, 6.45) is -0.789. The van der Waals surface area contributed by atoms with Crippen molar-refractivity contribution in [2.45, 2.75) is 94.9 Å². The minimum atomic E-state index is -1.68. The van der Waals surface area contributed by atoms with Crippen LogP contribution in [0.1, 0.15) is 59.6 Å². The Kier molecular flexibility index (Phi) is 7.57. The quantitative estimate of drug-likeness (QED) is 0.341. The van der Waals surface area contributed by atoms with Crippen LogP contribution in [0.15, 0.2) is 17.2 Å². The van der Waals surface area contributed by atoms with E-state index in [-0.39, 0.29) is 48.5 Å². The average molecular weight is 544 g/mol. The number of hydrogen-bond acceptors (Lipinski definition) is 12. The Hall–Kier alpha value is -3.37. The van der Waals surface area contributed by atoms with Crippen molar-refractivity contribution in [3.8, 4) is 12.1 Å². The van der Waals surface area contributed by atoms with Crippen LogP contribution in [0.3, 0.4) is 0 Å². The highest BCUT2D eigenvalue weighted by Crippen LogP contribution is 2.49. The van der Waals surface area contributed by atoms with Gasteiger partial charge in [-0.15, -0.1) is 0 Å². The summed E-state index contributed by atoms with van der Waals surface area (Å²) < 4.78 is 20.8. The summed E-state index contributed by atoms with van der Waals surface area (Å²) in [6, 6.07) is 3.96. The van der Waals surface area contributed by atoms with Crippen LogP contribution in [0.5, 0.6) is 0 Å². The predicted molar refractivity (Wildman–Crippen MR) is 136 cm³/mol. The van der Waals surface area contributed by atoms with Crippen molar-refractivity contribution in [3.63, 3.8) is 0 Å². The van der Waals surface area contributed by atoms with Crippen LogP contribution in [0, 0.1) is 22.7 Å². The van der Waals surface area contributed by atoms with E-state index in [4.69, 9.17) is 25.2 Å². The number of aliphatic hydroxyl groups is 3. The van der Waals surface area contributed by atoms with Crippen molar-refractivity contribution >= 4 is 22.8 Å². The Morgan fingerprint density at radius 2 is 1.92 bits per heavy atom. The smallest absolute Gasteiger partial charge is 0.287 e. The van der Waals surface area contributed by atoms with E-state index in [1.165, 1.54) is 30.8 Å². The zero-order valence-electron chi connectivity index (χ0n) is 22.2. The van der Waals surface area contributed by atoms with E-state index in [0.29, 0.717) is 0 Å². The number of aromatic nitrogens is 4. The van der Waals surface area contributed by atoms with Gasteiger partial charge in [-0.25, -0.2) is 9.55 Å². The second-order valence-electron chi connectivity index (χ2n) is 10.1. The van der Waals surface area contributed by atoms with Gasteiger partial charge in [-0.3, -0.25) is 9.36 Å². The van der Waals surface area contributed by atoms with Gasteiger partial charge in [-0.2, -0.15) is 15.5 Å². The Bertz CT molecular complexity index is 1420. The van der Waals surface area contributed by atoms with Crippen molar-refractivity contribution < 1.29 is 29.5 Å². The van der Waals surface area contributed by atoms with Crippen LogP contribution in [-0.4, -0.2) is 76.3 Å². The summed E-state index contributed by atoms with van der Waals surface area (Å²) in [5.74, 6) is -1.93. The number of fused-ring (bicyclic) bond motifs is 2. The molecule has 0 saturated carbocycles. The number of hydrogen-bond donors (Lipinski definition) is 4. The standard InChI is InChI=1S/C25H33N7O7/c1-5-23(3,35)15(8-7-10-26)32-20(34)16-19(30-22(32)28)31(13-29-16)21-18-17(14(12-33)37-21)38-25(39-18,9-11-27)24(4,36)6-2/h8,13-14,17-18,21,33,35-36H,5-7,9,12H2,1-4H3,(H2,28,30)/b15-8+/t14-,17-,18-,21-,23?,24?,25?/m1/s1. The molecule has 2 aliphatic rings. The highest BCUT2D eigenvalue weighted by atomic mass is 16.8. The fourth-order valence-electron chi connectivity index (χ4n) is 4.99. The topological polar surface area (TPSA) is 215 Å². The van der Waals surface area contributed by atoms with Gasteiger partial charge in [0.2, 0.25) is 11.7 Å². The molecule has 0 radical (unpaired) electrons. The molecule has 14 nitrogen and oxygen atoms in total. The SMILES string of the molecule is CCC(C)(O)/C(=C\CC#N)n1c(N)nc2c(ncn2[C@@H]2O[C@H](CO)[C@H]3OC(CC#N)(C(C)(O)CC)O[C@H]32)c1=O. The van der Waals surface area contributed by atoms with Gasteiger partial charge in [0.25, 0.3) is 5.56 Å². The maximum atomic E-state index is 13.6. The van der Waals surface area contributed by atoms with E-state index >= 15 is 0 Å². The fraction of sp³-hybridized carbons (Fsp3) is 0.640. The van der Waals surface area contributed by atoms with Gasteiger partial charge in [-0.1, -0.05) is 13.8 Å². The van der Waals surface area contributed by atoms with Crippen molar-refractivity contribution in [3.05, 3.63) is 22.8 Å². The highest BCUT2D eigenvalue weighted by Gasteiger charge is 2.64. The first-order valence-corrected chi connectivity index (χ1v) is 12.7. The summed E-state index contributed by atoms with van der Waals surface area (Å²) >= 11 is 0. The normalized spacial score (nSPS) is 29.9. The monoisotopic (exact) mass is 543 g/mol. The van der Waals surface area contributed by atoms with Crippen LogP contribution < -0.4 is 11.3 Å². The summed E-state index contributed by atoms with van der Waals surface area (Å²) in [5, 5.41) is 50.6. The van der Waals surface area contributed by atoms with Crippen molar-refractivity contribution in [2.24, 2.45) is 0 Å². The lowest BCUT2D eigenvalue weighted by Crippen LogP contribution is -2.54. The number of nitrogens with two attached hydrogens (primary N) is 1. The van der Waals surface area contributed by atoms with Gasteiger partial charge in [-0.05, 0) is 32.8 Å². The third-order valence-corrected chi connectivity index (χ3v) is 7.70. The molecule has 2 fully saturated rings. The molecule has 2 aromatic heterocycles. The summed E-state index contributed by atoms with van der Waals surface area (Å²) in [7, 11) is 0. The molecule has 3 unspecified atom stereocenters. The number of rotatable bonds is 9. The molecule has 14 heteroatoms. The van der Waals surface area contributed by atoms with Gasteiger partial charge in [0.1, 0.15) is 29.5 Å². The van der Waals surface area contributed by atoms with Crippen molar-refractivity contribution in [1.29, 1.82) is 10.5 Å². The molecule has 0 spiro atoms. The van der Waals surface area contributed by atoms with E-state index in [9.17, 15) is 25.4 Å². The van der Waals surface area contributed by atoms with Gasteiger partial charge in [0.05, 0.1) is 43.6 Å². The third-order valence-electron chi connectivity index (χ3n) is 7.70. The first-order chi connectivity index (χ1) is 18.4. The van der Waals surface area contributed by atoms with Gasteiger partial charge in [0.15, 0.2) is 17.4 Å². The number of allylic oxidation sites excluding steroid dienone is 1. The molecule has 4 rings (SSSR count). The molecule has 0 aromatic carbocycles. The fourth-order valence-corrected chi connectivity index (χ4v) is 4.99. The minimum Gasteiger partial charge on any atom is -0.394 e. The molecule has 39 heavy (non-hydrogen) atoms. The number of nitriles is 2. The maximum Gasteiger partial charge on any atom is 0.287 e. The summed E-state index contributed by atoms with van der Waals surface area (Å²) in [4.78, 5) is 22.2. The number of imidazole rings is 1. The number of anilines is 1. The number of nitrogen functional groups attached to an aromatic ring is 1. The highest BCUT2D eigenvalue weighted by molar-refractivity contribution is 5.74. The Balaban J connectivity index is 1.82. The molecule has 0 bridgehead atoms. The molecular formula is C25H33N7O7. The number of aliphatic hydroxyl groups excluding tert-OH is 1. The average Bonchev–Trinajstić information content (AvgIpc) is 3.58. The molecule has 2 saturated heterocycles. The van der Waals surface area contributed by atoms with E-state index in [0.717, 1.165) is 4.57 Å². The second-order valence-corrected chi connectivity index (χ2v) is 10.1. The van der Waals surface area contributed by atoms with Gasteiger partial charge in [0, 0.05) is 0 Å². The van der Waals surface area contributed by atoms with Gasteiger partial charge >= 0.3 is 0 Å². The zero-order valence-corrected chi connectivity index (χ0v) is 22.2. The Morgan fingerprint density at radius 1 is 1.23 bits per heavy atom. The first-order valence-electron chi connectivity index (χ1n) is 12.7. The Morgan fingerprint density at radius 3 is 2.51 bits per heavy atom. The van der Waals surface area contributed by atoms with Crippen LogP contribution >= 0.6 is 0 Å². The lowest BCUT2D eigenvalue weighted by molar-refractivity contribution is -0.293. The summed E-state index contributed by atoms with van der Waals surface area (Å²) in [6.45, 7) is 6.02. The lowest BCUT2D eigenvalue weighted by atomic mass is 9.90. The molecule has 7 atom stereocenters. The van der Waals surface area contributed by atoms with E-state index in [1.54, 1.807) is 13.8 Å². The molecule has 2 aliphatic heterocycles. The first kappa shape index (κ1) is 28.6. The zero-order chi connectivity index (χ0) is 28.8. The van der Waals surface area contributed by atoms with Crippen LogP contribution in [0.4, 0.5) is 5.95 Å². The second kappa shape index (κ2) is 10.3. The van der Waals surface area contributed by atoms with Crippen molar-refractivity contribution in [2.75, 3.05) is 12.3 Å². The van der Waals surface area contributed by atoms with E-state index < -0.39 is 53.7 Å². The molecule has 0 amide bonds. The number of ether oxygens (including phenoxy) is 3. The number of nitrogens with zero attached hydrogens (tertiary/aromatic N) is 6. The molecule has 5 N–H and O–H groups in total. The summed E-state index contributed by atoms with van der Waals surface area (Å²) in [5.41, 5.74) is 2.60. The van der Waals surface area contributed by atoms with Gasteiger partial charge < -0.3 is 35.3 Å². The lowest BCUT2D eigenvalue weighted by Gasteiger charge is -2.40. The van der Waals surface area contributed by atoms with Crippen LogP contribution in [-0.2, 0) is 14.2 Å². The van der Waals surface area contributed by atoms with Crippen molar-refractivity contribution in [1.82, 2.24) is 19.1 Å². The maximum absolute atomic E-state index is 13.6. The van der Waals surface area contributed by atoms with E-state index in [1.807, 2.05) is 12.1 Å². The van der Waals surface area contributed by atoms with E-state index in [2.05, 4.69) is 9.97 Å². The molecule has 210 valence electrons. The minimum absolute atomic E-state index is 0.0514. The third kappa shape index (κ3) is 4.49. The molecular weight excluding hydrogens is 510 g/mol. The molecule has 2 aromatic rings. The predicted octanol–water partition coefficient (Wildman–Crippen LogP) is 0.535. The molecule has 4 heterocycles. The largest absolute Gasteiger partial charge is 0.394 e. The van der Waals surface area contributed by atoms with Crippen LogP contribution in [0.25, 0.3) is 16.9 Å². The van der Waals surface area contributed by atoms with Crippen LogP contribution in [0.2, 0.25) is 0 Å².